The summed E-state index contributed by atoms with van der Waals surface area (Å²) in [6.45, 7) is 17.8. The molecule has 2 aromatic carbocycles. The Balaban J connectivity index is 1.38. The number of hydrogen-bond donors (Lipinski definition) is 2. The van der Waals surface area contributed by atoms with Crippen LogP contribution in [0.1, 0.15) is 43.4 Å². The van der Waals surface area contributed by atoms with Crippen LogP contribution >= 0.6 is 18.7 Å². The lowest BCUT2D eigenvalue weighted by atomic mass is 9.71. The predicted octanol–water partition coefficient (Wildman–Crippen LogP) is 6.98. The van der Waals surface area contributed by atoms with E-state index in [4.69, 9.17) is 21.3 Å². The summed E-state index contributed by atoms with van der Waals surface area (Å²) in [7, 11) is -0.879. The monoisotopic (exact) mass is 610 g/mol. The fourth-order valence-corrected chi connectivity index (χ4v) is 8.24. The summed E-state index contributed by atoms with van der Waals surface area (Å²) in [6, 6.07) is 8.24. The number of nitrogens with one attached hydrogen (secondary N) is 2. The average molecular weight is 611 g/mol. The van der Waals surface area contributed by atoms with Crippen LogP contribution in [0.2, 0.25) is 5.02 Å². The van der Waals surface area contributed by atoms with Gasteiger partial charge in [0.2, 0.25) is 5.95 Å². The van der Waals surface area contributed by atoms with Gasteiger partial charge in [-0.2, -0.15) is 4.98 Å². The van der Waals surface area contributed by atoms with Gasteiger partial charge < -0.3 is 29.7 Å². The van der Waals surface area contributed by atoms with Crippen LogP contribution in [0, 0.1) is 19.3 Å². The molecule has 1 spiro atoms. The van der Waals surface area contributed by atoms with Crippen molar-refractivity contribution in [2.45, 2.75) is 47.0 Å². The van der Waals surface area contributed by atoms with Gasteiger partial charge in [-0.25, -0.2) is 4.98 Å². The summed E-state index contributed by atoms with van der Waals surface area (Å²) < 4.78 is 19.0. The third-order valence-corrected chi connectivity index (χ3v) is 11.0. The van der Waals surface area contributed by atoms with Gasteiger partial charge in [0.05, 0.1) is 24.7 Å². The van der Waals surface area contributed by atoms with Crippen LogP contribution < -0.4 is 25.6 Å². The van der Waals surface area contributed by atoms with Gasteiger partial charge in [0.1, 0.15) is 17.9 Å². The van der Waals surface area contributed by atoms with Gasteiger partial charge in [-0.3, -0.25) is 0 Å². The lowest BCUT2D eigenvalue weighted by Gasteiger charge is -2.55. The Morgan fingerprint density at radius 1 is 1.07 bits per heavy atom. The number of hydrogen-bond acceptors (Lipinski definition) is 8. The van der Waals surface area contributed by atoms with E-state index in [1.165, 1.54) is 37.2 Å². The zero-order valence-electron chi connectivity index (χ0n) is 26.0. The molecule has 2 saturated heterocycles. The average Bonchev–Trinajstić information content (AvgIpc) is 2.94. The molecule has 0 aliphatic carbocycles. The maximum Gasteiger partial charge on any atom is 0.229 e. The highest BCUT2D eigenvalue weighted by Gasteiger charge is 2.45. The molecule has 0 atom stereocenters. The van der Waals surface area contributed by atoms with Crippen LogP contribution in [-0.4, -0.2) is 68.0 Å². The van der Waals surface area contributed by atoms with E-state index in [0.29, 0.717) is 22.2 Å². The first-order chi connectivity index (χ1) is 20.0. The number of aromatic nitrogens is 2. The summed E-state index contributed by atoms with van der Waals surface area (Å²) in [5.74, 6) is 1.58. The number of anilines is 5. The number of halogens is 1. The number of benzene rings is 2. The second kappa shape index (κ2) is 12.1. The molecule has 0 amide bonds. The van der Waals surface area contributed by atoms with E-state index < -0.39 is 7.14 Å². The molecule has 0 radical (unpaired) electrons. The SMILES string of the molecule is CCc1cc(Nc2ncc(Cl)c(Nc3ccc(C)c(C)c3P(C)(C)=O)n2)c(OC)cc1N1CC2(CCN(CC)CC2)C1. The Morgan fingerprint density at radius 3 is 2.40 bits per heavy atom. The minimum atomic E-state index is -2.57. The Morgan fingerprint density at radius 2 is 1.79 bits per heavy atom. The van der Waals surface area contributed by atoms with Gasteiger partial charge in [-0.05, 0) is 94.9 Å². The summed E-state index contributed by atoms with van der Waals surface area (Å²) in [5.41, 5.74) is 6.58. The molecule has 3 aromatic rings. The van der Waals surface area contributed by atoms with E-state index in [1.54, 1.807) is 26.6 Å². The summed E-state index contributed by atoms with van der Waals surface area (Å²) >= 11 is 6.53. The molecule has 8 nitrogen and oxygen atoms in total. The number of ether oxygens (including phenoxy) is 1. The van der Waals surface area contributed by atoms with Crippen LogP contribution in [0.3, 0.4) is 0 Å². The topological polar surface area (TPSA) is 82.6 Å². The van der Waals surface area contributed by atoms with Gasteiger partial charge in [-0.15, -0.1) is 0 Å². The van der Waals surface area contributed by atoms with E-state index in [-0.39, 0.29) is 0 Å². The second-order valence-electron chi connectivity index (χ2n) is 12.2. The number of aryl methyl sites for hydroxylation is 2. The zero-order chi connectivity index (χ0) is 30.2. The molecule has 226 valence electrons. The molecule has 3 heterocycles. The van der Waals surface area contributed by atoms with E-state index in [1.807, 2.05) is 26.0 Å². The van der Waals surface area contributed by atoms with Crippen molar-refractivity contribution < 1.29 is 9.30 Å². The molecule has 10 heteroatoms. The van der Waals surface area contributed by atoms with Crippen molar-refractivity contribution in [2.75, 3.05) is 68.7 Å². The van der Waals surface area contributed by atoms with Gasteiger partial charge >= 0.3 is 0 Å². The highest BCUT2D eigenvalue weighted by molar-refractivity contribution is 7.70. The fraction of sp³-hybridized carbons (Fsp3) is 0.500. The first kappa shape index (κ1) is 30.7. The van der Waals surface area contributed by atoms with Crippen molar-refractivity contribution in [1.29, 1.82) is 0 Å². The van der Waals surface area contributed by atoms with Crippen LogP contribution in [0.4, 0.5) is 28.8 Å². The zero-order valence-corrected chi connectivity index (χ0v) is 27.6. The van der Waals surface area contributed by atoms with Gasteiger partial charge in [0.25, 0.3) is 0 Å². The van der Waals surface area contributed by atoms with Crippen molar-refractivity contribution >= 4 is 52.9 Å². The number of likely N-dealkylation sites (tertiary alicyclic amines) is 1. The fourth-order valence-electron chi connectivity index (χ4n) is 6.41. The normalized spacial score (nSPS) is 16.8. The highest BCUT2D eigenvalue weighted by atomic mass is 35.5. The lowest BCUT2D eigenvalue weighted by Crippen LogP contribution is -2.60. The molecule has 2 fully saturated rings. The number of methoxy groups -OCH3 is 1. The maximum atomic E-state index is 13.2. The van der Waals surface area contributed by atoms with Crippen molar-refractivity contribution in [3.63, 3.8) is 0 Å². The Bertz CT molecular complexity index is 1510. The van der Waals surface area contributed by atoms with Crippen LogP contribution in [0.15, 0.2) is 30.5 Å². The standard InChI is InChI=1S/C32H44ClN6O2P/c1-8-23-16-26(28(41-5)17-27(23)39-19-32(20-39)12-14-38(9-2)15-13-32)36-31-34-18-24(33)30(37-31)35-25-11-10-21(3)22(4)29(25)42(6,7)40/h10-11,16-18H,8-9,12-15,19-20H2,1-7H3,(H2,34,35,36,37). The van der Waals surface area contributed by atoms with E-state index in [9.17, 15) is 4.57 Å². The van der Waals surface area contributed by atoms with Crippen LogP contribution in [0.25, 0.3) is 0 Å². The minimum absolute atomic E-state index is 0.375. The minimum Gasteiger partial charge on any atom is -0.494 e. The Labute approximate surface area is 255 Å². The maximum absolute atomic E-state index is 13.2. The highest BCUT2D eigenvalue weighted by Crippen LogP contribution is 2.46. The summed E-state index contributed by atoms with van der Waals surface area (Å²) in [5, 5.41) is 7.87. The van der Waals surface area contributed by atoms with Crippen molar-refractivity contribution in [3.05, 3.63) is 52.2 Å². The van der Waals surface area contributed by atoms with Gasteiger partial charge in [0, 0.05) is 35.6 Å². The van der Waals surface area contributed by atoms with E-state index in [0.717, 1.165) is 59.6 Å². The first-order valence-corrected chi connectivity index (χ1v) is 17.9. The van der Waals surface area contributed by atoms with Crippen LogP contribution in [-0.2, 0) is 11.0 Å². The van der Waals surface area contributed by atoms with E-state index >= 15 is 0 Å². The summed E-state index contributed by atoms with van der Waals surface area (Å²) in [4.78, 5) is 14.2. The lowest BCUT2D eigenvalue weighted by molar-refractivity contribution is 0.0794. The molecule has 0 unspecified atom stereocenters. The molecule has 1 aromatic heterocycles. The third-order valence-electron chi connectivity index (χ3n) is 9.02. The quantitative estimate of drug-likeness (QED) is 0.251. The number of piperidine rings is 1. The molecule has 0 saturated carbocycles. The largest absolute Gasteiger partial charge is 0.494 e. The van der Waals surface area contributed by atoms with Crippen molar-refractivity contribution in [1.82, 2.24) is 14.9 Å². The number of nitrogens with zero attached hydrogens (tertiary/aromatic N) is 4. The first-order valence-electron chi connectivity index (χ1n) is 14.9. The molecule has 2 N–H and O–H groups in total. The molecule has 5 rings (SSSR count). The molecule has 2 aliphatic rings. The second-order valence-corrected chi connectivity index (χ2v) is 15.8. The Kier molecular flexibility index (Phi) is 8.80. The Hall–Kier alpha value is -2.80. The molecule has 0 bridgehead atoms. The van der Waals surface area contributed by atoms with Gasteiger partial charge in [0.15, 0.2) is 5.82 Å². The van der Waals surface area contributed by atoms with Crippen LogP contribution in [0.5, 0.6) is 5.75 Å². The van der Waals surface area contributed by atoms with Gasteiger partial charge in [-0.1, -0.05) is 31.5 Å². The number of rotatable bonds is 9. The molecule has 2 aliphatic heterocycles. The molecular weight excluding hydrogens is 567 g/mol. The van der Waals surface area contributed by atoms with E-state index in [2.05, 4.69) is 51.4 Å². The predicted molar refractivity (Wildman–Crippen MR) is 177 cm³/mol. The third kappa shape index (κ3) is 6.13. The smallest absolute Gasteiger partial charge is 0.229 e. The van der Waals surface area contributed by atoms with Crippen molar-refractivity contribution in [2.24, 2.45) is 5.41 Å². The molecule has 42 heavy (non-hydrogen) atoms. The van der Waals surface area contributed by atoms with Crippen molar-refractivity contribution in [3.8, 4) is 5.75 Å². The summed E-state index contributed by atoms with van der Waals surface area (Å²) in [6.07, 6.45) is 5.02. The molecular formula is C32H44ClN6O2P.